The first-order chi connectivity index (χ1) is 10.2. The fraction of sp³-hybridized carbons (Fsp3) is 0.267. The zero-order chi connectivity index (χ0) is 14.8. The van der Waals surface area contributed by atoms with Crippen LogP contribution in [0.25, 0.3) is 5.69 Å². The lowest BCUT2D eigenvalue weighted by Crippen LogP contribution is -2.31. The fourth-order valence-corrected chi connectivity index (χ4v) is 2.42. The Hall–Kier alpha value is -2.63. The number of nitrogens with one attached hydrogen (secondary N) is 1. The van der Waals surface area contributed by atoms with Crippen LogP contribution in [-0.2, 0) is 6.42 Å². The van der Waals surface area contributed by atoms with Gasteiger partial charge in [-0.2, -0.15) is 5.10 Å². The summed E-state index contributed by atoms with van der Waals surface area (Å²) in [7, 11) is 0. The van der Waals surface area contributed by atoms with E-state index in [1.54, 1.807) is 0 Å². The van der Waals surface area contributed by atoms with Gasteiger partial charge < -0.3 is 10.4 Å². The van der Waals surface area contributed by atoms with Crippen LogP contribution < -0.4 is 10.7 Å². The number of para-hydroxylation sites is 1. The van der Waals surface area contributed by atoms with E-state index in [1.807, 2.05) is 24.3 Å². The topological polar surface area (TPSA) is 84.2 Å². The number of aromatic nitrogens is 2. The molecule has 2 heterocycles. The molecule has 0 aliphatic carbocycles. The van der Waals surface area contributed by atoms with Gasteiger partial charge in [-0.05, 0) is 30.9 Å². The molecule has 1 amide bonds. The predicted molar refractivity (Wildman–Crippen MR) is 76.8 cm³/mol. The Balaban J connectivity index is 2.24. The summed E-state index contributed by atoms with van der Waals surface area (Å²) in [6.07, 6.45) is 3.83. The highest BCUT2D eigenvalue weighted by Gasteiger charge is 2.18. The fourth-order valence-electron chi connectivity index (χ4n) is 2.42. The van der Waals surface area contributed by atoms with Crippen molar-refractivity contribution in [3.05, 3.63) is 51.9 Å². The molecular weight excluding hydrogens is 270 g/mol. The van der Waals surface area contributed by atoms with Gasteiger partial charge >= 0.3 is 0 Å². The molecule has 0 unspecified atom stereocenters. The molecule has 6 nitrogen and oxygen atoms in total. The van der Waals surface area contributed by atoms with Crippen LogP contribution >= 0.6 is 0 Å². The molecule has 0 spiro atoms. The number of aromatic hydroxyl groups is 1. The van der Waals surface area contributed by atoms with Gasteiger partial charge in [-0.3, -0.25) is 9.59 Å². The van der Waals surface area contributed by atoms with E-state index in [4.69, 9.17) is 0 Å². The molecule has 0 saturated carbocycles. The van der Waals surface area contributed by atoms with Crippen molar-refractivity contribution in [2.24, 2.45) is 0 Å². The minimum Gasteiger partial charge on any atom is -0.503 e. The van der Waals surface area contributed by atoms with E-state index < -0.39 is 17.1 Å². The Bertz CT molecular complexity index is 752. The smallest absolute Gasteiger partial charge is 0.275 e. The van der Waals surface area contributed by atoms with Crippen molar-refractivity contribution in [2.75, 3.05) is 6.54 Å². The van der Waals surface area contributed by atoms with E-state index in [9.17, 15) is 14.7 Å². The summed E-state index contributed by atoms with van der Waals surface area (Å²) < 4.78 is 1.40. The minimum absolute atomic E-state index is 0.285. The second-order valence-corrected chi connectivity index (χ2v) is 4.98. The zero-order valence-corrected chi connectivity index (χ0v) is 11.4. The molecule has 2 bridgehead atoms. The zero-order valence-electron chi connectivity index (χ0n) is 11.4. The highest BCUT2D eigenvalue weighted by atomic mass is 16.3. The van der Waals surface area contributed by atoms with Crippen LogP contribution in [-0.4, -0.2) is 27.3 Å². The molecule has 1 aliphatic rings. The van der Waals surface area contributed by atoms with Gasteiger partial charge in [0, 0.05) is 6.54 Å². The average Bonchev–Trinajstić information content (AvgIpc) is 2.51. The maximum atomic E-state index is 12.0. The standard InChI is InChI=1S/C15H15N3O3/c19-12-9-18-11-7-2-1-5-10(11)6-3-4-8-16-15(21)13(17-18)14(12)20/h1-2,5,7,9,19H,3-4,6,8H2,(H,16,21). The third-order valence-electron chi connectivity index (χ3n) is 3.51. The summed E-state index contributed by atoms with van der Waals surface area (Å²) >= 11 is 0. The Kier molecular flexibility index (Phi) is 3.43. The van der Waals surface area contributed by atoms with Crippen molar-refractivity contribution in [3.63, 3.8) is 0 Å². The van der Waals surface area contributed by atoms with Gasteiger partial charge in [-0.25, -0.2) is 4.68 Å². The van der Waals surface area contributed by atoms with Crippen molar-refractivity contribution in [1.29, 1.82) is 0 Å². The maximum absolute atomic E-state index is 12.0. The van der Waals surface area contributed by atoms with E-state index in [0.717, 1.165) is 30.5 Å². The van der Waals surface area contributed by atoms with E-state index >= 15 is 0 Å². The molecule has 1 aromatic carbocycles. The maximum Gasteiger partial charge on any atom is 0.275 e. The molecule has 6 heteroatoms. The number of rotatable bonds is 0. The van der Waals surface area contributed by atoms with Gasteiger partial charge in [0.1, 0.15) is 0 Å². The summed E-state index contributed by atoms with van der Waals surface area (Å²) in [5.74, 6) is -1.03. The highest BCUT2D eigenvalue weighted by Crippen LogP contribution is 2.17. The highest BCUT2D eigenvalue weighted by molar-refractivity contribution is 5.92. The number of carbonyl (C=O) groups excluding carboxylic acids is 1. The summed E-state index contributed by atoms with van der Waals surface area (Å²) in [5, 5.41) is 16.5. The molecule has 2 N–H and O–H groups in total. The summed E-state index contributed by atoms with van der Waals surface area (Å²) in [6, 6.07) is 7.63. The minimum atomic E-state index is -0.750. The first-order valence-corrected chi connectivity index (χ1v) is 6.86. The number of fused-ring (bicyclic) bond motifs is 4. The number of carbonyl (C=O) groups is 1. The molecular formula is C15H15N3O3. The van der Waals surface area contributed by atoms with Crippen LogP contribution in [0.1, 0.15) is 28.9 Å². The number of aryl methyl sites for hydroxylation is 1. The molecule has 0 radical (unpaired) electrons. The molecule has 3 rings (SSSR count). The first kappa shape index (κ1) is 13.4. The second kappa shape index (κ2) is 5.40. The SMILES string of the molecule is O=C1NCCCCc2ccccc2-n2cc(O)c(=O)c1n2. The van der Waals surface area contributed by atoms with Crippen LogP contribution in [0.2, 0.25) is 0 Å². The molecule has 21 heavy (non-hydrogen) atoms. The molecule has 108 valence electrons. The lowest BCUT2D eigenvalue weighted by atomic mass is 10.1. The second-order valence-electron chi connectivity index (χ2n) is 4.98. The van der Waals surface area contributed by atoms with Gasteiger partial charge in [0.25, 0.3) is 11.3 Å². The summed E-state index contributed by atoms with van der Waals surface area (Å²) in [5.41, 5.74) is 0.796. The molecule has 2 aromatic rings. The van der Waals surface area contributed by atoms with Gasteiger partial charge in [0.2, 0.25) is 0 Å². The molecule has 0 fully saturated rings. The number of hydrogen-bond acceptors (Lipinski definition) is 4. The van der Waals surface area contributed by atoms with Gasteiger partial charge in [-0.1, -0.05) is 18.2 Å². The molecule has 0 saturated heterocycles. The number of nitrogens with zero attached hydrogens (tertiary/aromatic N) is 2. The molecule has 1 aliphatic heterocycles. The largest absolute Gasteiger partial charge is 0.503 e. The van der Waals surface area contributed by atoms with Gasteiger partial charge in [0.15, 0.2) is 11.4 Å². The Morgan fingerprint density at radius 2 is 2.00 bits per heavy atom. The first-order valence-electron chi connectivity index (χ1n) is 6.86. The van der Waals surface area contributed by atoms with Crippen molar-refractivity contribution in [2.45, 2.75) is 19.3 Å². The third-order valence-corrected chi connectivity index (χ3v) is 3.51. The normalized spacial score (nSPS) is 14.8. The van der Waals surface area contributed by atoms with E-state index in [1.165, 1.54) is 10.9 Å². The number of hydrogen-bond donors (Lipinski definition) is 2. The monoisotopic (exact) mass is 285 g/mol. The van der Waals surface area contributed by atoms with Crippen molar-refractivity contribution >= 4 is 5.91 Å². The lowest BCUT2D eigenvalue weighted by molar-refractivity contribution is 0.0944. The van der Waals surface area contributed by atoms with E-state index in [-0.39, 0.29) is 5.69 Å². The van der Waals surface area contributed by atoms with Crippen molar-refractivity contribution < 1.29 is 9.90 Å². The van der Waals surface area contributed by atoms with Gasteiger partial charge in [0.05, 0.1) is 11.9 Å². The quantitative estimate of drug-likeness (QED) is 0.756. The van der Waals surface area contributed by atoms with Crippen LogP contribution in [0.3, 0.4) is 0 Å². The van der Waals surface area contributed by atoms with E-state index in [0.29, 0.717) is 6.54 Å². The van der Waals surface area contributed by atoms with Gasteiger partial charge in [-0.15, -0.1) is 0 Å². The molecule has 1 aromatic heterocycles. The van der Waals surface area contributed by atoms with Crippen LogP contribution in [0, 0.1) is 0 Å². The van der Waals surface area contributed by atoms with Crippen LogP contribution in [0.4, 0.5) is 0 Å². The summed E-state index contributed by atoms with van der Waals surface area (Å²) in [6.45, 7) is 0.484. The molecule has 0 atom stereocenters. The van der Waals surface area contributed by atoms with E-state index in [2.05, 4.69) is 10.4 Å². The van der Waals surface area contributed by atoms with Crippen molar-refractivity contribution in [3.8, 4) is 11.4 Å². The Labute approximate surface area is 121 Å². The van der Waals surface area contributed by atoms with Crippen LogP contribution in [0.15, 0.2) is 35.3 Å². The van der Waals surface area contributed by atoms with Crippen molar-refractivity contribution in [1.82, 2.24) is 15.1 Å². The predicted octanol–water partition coefficient (Wildman–Crippen LogP) is 1.00. The number of benzene rings is 1. The Morgan fingerprint density at radius 1 is 1.19 bits per heavy atom. The Morgan fingerprint density at radius 3 is 2.86 bits per heavy atom. The summed E-state index contributed by atoms with van der Waals surface area (Å²) in [4.78, 5) is 23.9. The van der Waals surface area contributed by atoms with Crippen LogP contribution in [0.5, 0.6) is 5.75 Å². The number of amides is 1. The third kappa shape index (κ3) is 2.52. The lowest BCUT2D eigenvalue weighted by Gasteiger charge is -2.11. The average molecular weight is 285 g/mol.